The third-order valence-corrected chi connectivity index (χ3v) is 4.82. The van der Waals surface area contributed by atoms with E-state index in [-0.39, 0.29) is 0 Å². The normalized spacial score (nSPS) is 11.0. The van der Waals surface area contributed by atoms with Crippen molar-refractivity contribution in [2.75, 3.05) is 7.11 Å². The Morgan fingerprint density at radius 3 is 2.96 bits per heavy atom. The van der Waals surface area contributed by atoms with Gasteiger partial charge in [0.25, 0.3) is 0 Å². The van der Waals surface area contributed by atoms with Gasteiger partial charge in [0.05, 0.1) is 30.2 Å². The van der Waals surface area contributed by atoms with Crippen LogP contribution in [0.3, 0.4) is 0 Å². The van der Waals surface area contributed by atoms with Gasteiger partial charge in [0.2, 0.25) is 0 Å². The summed E-state index contributed by atoms with van der Waals surface area (Å²) >= 11 is 1.71. The second-order valence-electron chi connectivity index (χ2n) is 5.29. The summed E-state index contributed by atoms with van der Waals surface area (Å²) in [7, 11) is 1.69. The molecule has 24 heavy (non-hydrogen) atoms. The van der Waals surface area contributed by atoms with E-state index >= 15 is 0 Å². The largest absolute Gasteiger partial charge is 0.496 e. The Morgan fingerprint density at radius 2 is 2.12 bits per heavy atom. The minimum Gasteiger partial charge on any atom is -0.496 e. The SMILES string of the molecule is COc1ccccc1SCc1nc2cc(-n3ccnc3)ccc2[nH]1. The fraction of sp³-hybridized carbons (Fsp3) is 0.111. The topological polar surface area (TPSA) is 55.7 Å². The quantitative estimate of drug-likeness (QED) is 0.559. The van der Waals surface area contributed by atoms with Gasteiger partial charge in [-0.05, 0) is 30.3 Å². The van der Waals surface area contributed by atoms with Gasteiger partial charge in [0.1, 0.15) is 11.6 Å². The molecule has 1 N–H and O–H groups in total. The third kappa shape index (κ3) is 2.88. The van der Waals surface area contributed by atoms with Gasteiger partial charge in [-0.15, -0.1) is 11.8 Å². The monoisotopic (exact) mass is 336 g/mol. The molecule has 2 aromatic carbocycles. The molecule has 5 nitrogen and oxygen atoms in total. The molecule has 0 aliphatic carbocycles. The summed E-state index contributed by atoms with van der Waals surface area (Å²) in [6.07, 6.45) is 5.47. The Bertz CT molecular complexity index is 962. The van der Waals surface area contributed by atoms with Crippen molar-refractivity contribution in [2.24, 2.45) is 0 Å². The summed E-state index contributed by atoms with van der Waals surface area (Å²) in [5, 5.41) is 0. The fourth-order valence-corrected chi connectivity index (χ4v) is 3.47. The van der Waals surface area contributed by atoms with Crippen LogP contribution in [0, 0.1) is 0 Å². The standard InChI is InChI=1S/C18H16N4OS/c1-23-16-4-2-3-5-17(16)24-11-18-20-14-7-6-13(10-15(14)21-18)22-9-8-19-12-22/h2-10,12H,11H2,1H3,(H,20,21). The van der Waals surface area contributed by atoms with Crippen LogP contribution in [-0.4, -0.2) is 26.6 Å². The lowest BCUT2D eigenvalue weighted by Gasteiger charge is -2.06. The maximum absolute atomic E-state index is 5.39. The fourth-order valence-electron chi connectivity index (χ4n) is 2.57. The van der Waals surface area contributed by atoms with Crippen LogP contribution in [-0.2, 0) is 5.75 Å². The van der Waals surface area contributed by atoms with E-state index in [2.05, 4.69) is 34.2 Å². The number of ether oxygens (including phenoxy) is 1. The number of hydrogen-bond donors (Lipinski definition) is 1. The molecule has 2 aromatic heterocycles. The summed E-state index contributed by atoms with van der Waals surface area (Å²) in [6.45, 7) is 0. The lowest BCUT2D eigenvalue weighted by molar-refractivity contribution is 0.405. The number of aromatic amines is 1. The van der Waals surface area contributed by atoms with Crippen LogP contribution >= 0.6 is 11.8 Å². The molecule has 6 heteroatoms. The lowest BCUT2D eigenvalue weighted by atomic mass is 10.3. The molecule has 0 atom stereocenters. The first kappa shape index (κ1) is 14.8. The minimum atomic E-state index is 0.759. The molecule has 0 amide bonds. The molecule has 0 aliphatic rings. The number of methoxy groups -OCH3 is 1. The van der Waals surface area contributed by atoms with Gasteiger partial charge in [0, 0.05) is 23.0 Å². The lowest BCUT2D eigenvalue weighted by Crippen LogP contribution is -1.88. The Morgan fingerprint density at radius 1 is 1.21 bits per heavy atom. The van der Waals surface area contributed by atoms with E-state index in [1.807, 2.05) is 29.0 Å². The van der Waals surface area contributed by atoms with Gasteiger partial charge in [-0.2, -0.15) is 0 Å². The molecule has 4 rings (SSSR count). The van der Waals surface area contributed by atoms with E-state index < -0.39 is 0 Å². The number of benzene rings is 2. The molecule has 0 bridgehead atoms. The number of nitrogens with zero attached hydrogens (tertiary/aromatic N) is 3. The minimum absolute atomic E-state index is 0.759. The molecule has 0 fully saturated rings. The maximum atomic E-state index is 5.39. The molecular weight excluding hydrogens is 320 g/mol. The van der Waals surface area contributed by atoms with Gasteiger partial charge in [0.15, 0.2) is 0 Å². The molecular formula is C18H16N4OS. The van der Waals surface area contributed by atoms with Crippen molar-refractivity contribution in [3.05, 3.63) is 67.0 Å². The molecule has 120 valence electrons. The highest BCUT2D eigenvalue weighted by Crippen LogP contribution is 2.31. The molecule has 0 spiro atoms. The molecule has 2 heterocycles. The van der Waals surface area contributed by atoms with Crippen molar-refractivity contribution in [2.45, 2.75) is 10.6 Å². The van der Waals surface area contributed by atoms with Gasteiger partial charge in [-0.1, -0.05) is 12.1 Å². The Balaban J connectivity index is 1.57. The van der Waals surface area contributed by atoms with E-state index in [0.717, 1.165) is 38.9 Å². The van der Waals surface area contributed by atoms with Crippen LogP contribution in [0.4, 0.5) is 0 Å². The van der Waals surface area contributed by atoms with Crippen molar-refractivity contribution in [3.63, 3.8) is 0 Å². The molecule has 4 aromatic rings. The second-order valence-corrected chi connectivity index (χ2v) is 6.31. The average molecular weight is 336 g/mol. The number of thioether (sulfide) groups is 1. The first-order valence-electron chi connectivity index (χ1n) is 7.56. The number of aromatic nitrogens is 4. The Kier molecular flexibility index (Phi) is 3.96. The summed E-state index contributed by atoms with van der Waals surface area (Å²) in [6, 6.07) is 14.2. The first-order chi connectivity index (χ1) is 11.8. The van der Waals surface area contributed by atoms with E-state index in [9.17, 15) is 0 Å². The number of fused-ring (bicyclic) bond motifs is 1. The zero-order valence-electron chi connectivity index (χ0n) is 13.1. The molecule has 0 radical (unpaired) electrons. The predicted molar refractivity (Wildman–Crippen MR) is 95.8 cm³/mol. The number of nitrogens with one attached hydrogen (secondary N) is 1. The molecule has 0 saturated heterocycles. The molecule has 0 unspecified atom stereocenters. The highest BCUT2D eigenvalue weighted by atomic mass is 32.2. The number of imidazole rings is 2. The van der Waals surface area contributed by atoms with E-state index in [4.69, 9.17) is 9.72 Å². The maximum Gasteiger partial charge on any atom is 0.132 e. The summed E-state index contributed by atoms with van der Waals surface area (Å²) in [4.78, 5) is 13.3. The van der Waals surface area contributed by atoms with Gasteiger partial charge >= 0.3 is 0 Å². The van der Waals surface area contributed by atoms with Crippen LogP contribution < -0.4 is 4.74 Å². The Labute approximate surface area is 143 Å². The van der Waals surface area contributed by atoms with Crippen molar-refractivity contribution in [1.82, 2.24) is 19.5 Å². The summed E-state index contributed by atoms with van der Waals surface area (Å²) in [5.41, 5.74) is 3.04. The van der Waals surface area contributed by atoms with E-state index in [1.165, 1.54) is 0 Å². The van der Waals surface area contributed by atoms with E-state index in [1.54, 1.807) is 31.4 Å². The van der Waals surface area contributed by atoms with Crippen LogP contribution in [0.5, 0.6) is 5.75 Å². The highest BCUT2D eigenvalue weighted by Gasteiger charge is 2.07. The average Bonchev–Trinajstić information content (AvgIpc) is 3.28. The van der Waals surface area contributed by atoms with Gasteiger partial charge in [-0.3, -0.25) is 0 Å². The number of rotatable bonds is 5. The zero-order chi connectivity index (χ0) is 16.4. The van der Waals surface area contributed by atoms with Gasteiger partial charge in [-0.25, -0.2) is 9.97 Å². The van der Waals surface area contributed by atoms with Gasteiger partial charge < -0.3 is 14.3 Å². The molecule has 0 saturated carbocycles. The van der Waals surface area contributed by atoms with Crippen LogP contribution in [0.1, 0.15) is 5.82 Å². The Hall–Kier alpha value is -2.73. The van der Waals surface area contributed by atoms with Crippen molar-refractivity contribution < 1.29 is 4.74 Å². The van der Waals surface area contributed by atoms with Crippen LogP contribution in [0.15, 0.2) is 66.1 Å². The highest BCUT2D eigenvalue weighted by molar-refractivity contribution is 7.98. The molecule has 0 aliphatic heterocycles. The smallest absolute Gasteiger partial charge is 0.132 e. The summed E-state index contributed by atoms with van der Waals surface area (Å²) < 4.78 is 7.36. The number of hydrogen-bond acceptors (Lipinski definition) is 4. The van der Waals surface area contributed by atoms with Crippen LogP contribution in [0.25, 0.3) is 16.7 Å². The summed E-state index contributed by atoms with van der Waals surface area (Å²) in [5.74, 6) is 2.60. The third-order valence-electron chi connectivity index (χ3n) is 3.75. The number of para-hydroxylation sites is 1. The zero-order valence-corrected chi connectivity index (χ0v) is 14.0. The number of H-pyrrole nitrogens is 1. The predicted octanol–water partition coefficient (Wildman–Crippen LogP) is 4.05. The van der Waals surface area contributed by atoms with E-state index in [0.29, 0.717) is 0 Å². The van der Waals surface area contributed by atoms with Crippen molar-refractivity contribution in [3.8, 4) is 11.4 Å². The van der Waals surface area contributed by atoms with Crippen molar-refractivity contribution >= 4 is 22.8 Å². The van der Waals surface area contributed by atoms with Crippen LogP contribution in [0.2, 0.25) is 0 Å². The first-order valence-corrected chi connectivity index (χ1v) is 8.55. The van der Waals surface area contributed by atoms with Crippen molar-refractivity contribution in [1.29, 1.82) is 0 Å². The second kappa shape index (κ2) is 6.41.